The van der Waals surface area contributed by atoms with Crippen LogP contribution >= 0.6 is 11.3 Å². The van der Waals surface area contributed by atoms with E-state index >= 15 is 0 Å². The molecule has 0 bridgehead atoms. The number of hydrogen-bond acceptors (Lipinski definition) is 3. The van der Waals surface area contributed by atoms with E-state index in [4.69, 9.17) is 0 Å². The number of nitrogens with one attached hydrogen (secondary N) is 1. The quantitative estimate of drug-likeness (QED) is 0.536. The molecular formula is C21H15FN2OS. The Kier molecular flexibility index (Phi) is 4.46. The van der Waals surface area contributed by atoms with Crippen molar-refractivity contribution < 1.29 is 9.18 Å². The van der Waals surface area contributed by atoms with E-state index in [0.29, 0.717) is 5.13 Å². The second-order valence-electron chi connectivity index (χ2n) is 5.95. The van der Waals surface area contributed by atoms with Crippen molar-refractivity contribution >= 4 is 33.1 Å². The summed E-state index contributed by atoms with van der Waals surface area (Å²) in [5.74, 6) is -0.481. The van der Waals surface area contributed by atoms with Crippen LogP contribution in [0.3, 0.4) is 0 Å². The van der Waals surface area contributed by atoms with E-state index in [0.717, 1.165) is 22.2 Å². The molecule has 0 radical (unpaired) electrons. The van der Waals surface area contributed by atoms with Crippen LogP contribution in [-0.4, -0.2) is 10.9 Å². The van der Waals surface area contributed by atoms with Gasteiger partial charge in [0, 0.05) is 10.9 Å². The molecule has 0 aliphatic heterocycles. The summed E-state index contributed by atoms with van der Waals surface area (Å²) in [6, 6.07) is 20.3. The molecule has 0 spiro atoms. The van der Waals surface area contributed by atoms with Gasteiger partial charge in [-0.3, -0.25) is 4.79 Å². The summed E-state index contributed by atoms with van der Waals surface area (Å²) in [6.45, 7) is 0. The van der Waals surface area contributed by atoms with E-state index in [2.05, 4.69) is 34.6 Å². The molecule has 0 unspecified atom stereocenters. The highest BCUT2D eigenvalue weighted by Gasteiger charge is 2.09. The lowest BCUT2D eigenvalue weighted by Gasteiger charge is -2.03. The number of carbonyl (C=O) groups is 1. The van der Waals surface area contributed by atoms with Crippen molar-refractivity contribution in [2.75, 3.05) is 5.32 Å². The van der Waals surface area contributed by atoms with Crippen molar-refractivity contribution in [1.29, 1.82) is 0 Å². The number of carbonyl (C=O) groups excluding carboxylic acids is 1. The van der Waals surface area contributed by atoms with Crippen LogP contribution in [0.1, 0.15) is 5.56 Å². The minimum atomic E-state index is -0.311. The molecule has 3 nitrogen and oxygen atoms in total. The number of nitrogens with zero attached hydrogens (tertiary/aromatic N) is 1. The molecule has 128 valence electrons. The van der Waals surface area contributed by atoms with Gasteiger partial charge in [0.15, 0.2) is 5.13 Å². The number of thiazole rings is 1. The maximum absolute atomic E-state index is 12.9. The zero-order chi connectivity index (χ0) is 17.9. The van der Waals surface area contributed by atoms with Gasteiger partial charge < -0.3 is 5.32 Å². The van der Waals surface area contributed by atoms with Crippen LogP contribution in [0, 0.1) is 5.82 Å². The summed E-state index contributed by atoms with van der Waals surface area (Å²) in [5.41, 5.74) is 2.60. The molecule has 1 N–H and O–H groups in total. The molecule has 0 fully saturated rings. The molecule has 1 amide bonds. The average Bonchev–Trinajstić information content (AvgIpc) is 3.11. The fourth-order valence-electron chi connectivity index (χ4n) is 2.76. The highest BCUT2D eigenvalue weighted by molar-refractivity contribution is 7.14. The molecule has 3 aromatic carbocycles. The Morgan fingerprint density at radius 2 is 1.77 bits per heavy atom. The molecule has 4 aromatic rings. The number of anilines is 1. The third kappa shape index (κ3) is 3.63. The molecule has 0 saturated heterocycles. The molecule has 1 aromatic heterocycles. The van der Waals surface area contributed by atoms with Crippen LogP contribution in [0.5, 0.6) is 0 Å². The first-order valence-electron chi connectivity index (χ1n) is 8.16. The van der Waals surface area contributed by atoms with Crippen molar-refractivity contribution in [3.8, 4) is 11.3 Å². The zero-order valence-corrected chi connectivity index (χ0v) is 14.6. The minimum absolute atomic E-state index is 0.170. The number of benzene rings is 3. The lowest BCUT2D eigenvalue weighted by molar-refractivity contribution is -0.115. The fourth-order valence-corrected chi connectivity index (χ4v) is 3.50. The highest BCUT2D eigenvalue weighted by atomic mass is 32.1. The van der Waals surface area contributed by atoms with Gasteiger partial charge in [-0.2, -0.15) is 0 Å². The van der Waals surface area contributed by atoms with E-state index < -0.39 is 0 Å². The Morgan fingerprint density at radius 1 is 1.00 bits per heavy atom. The number of rotatable bonds is 4. The van der Waals surface area contributed by atoms with Crippen molar-refractivity contribution in [2.45, 2.75) is 6.42 Å². The van der Waals surface area contributed by atoms with E-state index in [9.17, 15) is 9.18 Å². The predicted octanol–water partition coefficient (Wildman–Crippen LogP) is 5.28. The van der Waals surface area contributed by atoms with E-state index in [1.165, 1.54) is 28.9 Å². The lowest BCUT2D eigenvalue weighted by atomic mass is 10.1. The van der Waals surface area contributed by atoms with Gasteiger partial charge in [-0.15, -0.1) is 11.3 Å². The van der Waals surface area contributed by atoms with Crippen molar-refractivity contribution in [3.05, 3.63) is 83.5 Å². The molecule has 5 heteroatoms. The van der Waals surface area contributed by atoms with Crippen LogP contribution in [-0.2, 0) is 11.2 Å². The van der Waals surface area contributed by atoms with Gasteiger partial charge in [-0.05, 0) is 34.5 Å². The van der Waals surface area contributed by atoms with E-state index in [1.807, 2.05) is 23.6 Å². The van der Waals surface area contributed by atoms with Gasteiger partial charge in [-0.1, -0.05) is 48.5 Å². The molecule has 0 aliphatic carbocycles. The number of amides is 1. The molecular weight excluding hydrogens is 347 g/mol. The topological polar surface area (TPSA) is 42.0 Å². The molecule has 1 heterocycles. The largest absolute Gasteiger partial charge is 0.302 e. The van der Waals surface area contributed by atoms with Gasteiger partial charge in [0.25, 0.3) is 0 Å². The number of fused-ring (bicyclic) bond motifs is 1. The highest BCUT2D eigenvalue weighted by Crippen LogP contribution is 2.27. The lowest BCUT2D eigenvalue weighted by Crippen LogP contribution is -2.14. The summed E-state index contributed by atoms with van der Waals surface area (Å²) in [6.07, 6.45) is 0.186. The van der Waals surface area contributed by atoms with E-state index in [1.54, 1.807) is 12.1 Å². The SMILES string of the molecule is O=C(Cc1ccc(F)cc1)Nc1nc(-c2ccc3ccccc3c2)cs1. The standard InChI is InChI=1S/C21H15FN2OS/c22-18-9-5-14(6-10-18)11-20(25)24-21-23-19(13-26-21)17-8-7-15-3-1-2-4-16(15)12-17/h1-10,12-13H,11H2,(H,23,24,25). The van der Waals surface area contributed by atoms with Gasteiger partial charge in [0.1, 0.15) is 5.82 Å². The van der Waals surface area contributed by atoms with Crippen LogP contribution < -0.4 is 5.32 Å². The second-order valence-corrected chi connectivity index (χ2v) is 6.81. The monoisotopic (exact) mass is 362 g/mol. The average molecular weight is 362 g/mol. The van der Waals surface area contributed by atoms with Crippen LogP contribution in [0.4, 0.5) is 9.52 Å². The molecule has 26 heavy (non-hydrogen) atoms. The van der Waals surface area contributed by atoms with Crippen molar-refractivity contribution in [2.24, 2.45) is 0 Å². The first kappa shape index (κ1) is 16.4. The summed E-state index contributed by atoms with van der Waals surface area (Å²) in [7, 11) is 0. The smallest absolute Gasteiger partial charge is 0.230 e. The summed E-state index contributed by atoms with van der Waals surface area (Å²) >= 11 is 1.39. The van der Waals surface area contributed by atoms with Crippen molar-refractivity contribution in [1.82, 2.24) is 4.98 Å². The normalized spacial score (nSPS) is 10.8. The molecule has 0 saturated carbocycles. The summed E-state index contributed by atoms with van der Waals surface area (Å²) < 4.78 is 12.9. The van der Waals surface area contributed by atoms with E-state index in [-0.39, 0.29) is 18.1 Å². The van der Waals surface area contributed by atoms with Gasteiger partial charge in [0.05, 0.1) is 12.1 Å². The first-order valence-corrected chi connectivity index (χ1v) is 9.04. The molecule has 0 atom stereocenters. The maximum Gasteiger partial charge on any atom is 0.230 e. The Bertz CT molecular complexity index is 1070. The third-order valence-corrected chi connectivity index (χ3v) is 4.83. The maximum atomic E-state index is 12.9. The van der Waals surface area contributed by atoms with Crippen LogP contribution in [0.25, 0.3) is 22.0 Å². The van der Waals surface area contributed by atoms with Gasteiger partial charge in [-0.25, -0.2) is 9.37 Å². The molecule has 4 rings (SSSR count). The van der Waals surface area contributed by atoms with Gasteiger partial charge in [0.2, 0.25) is 5.91 Å². The summed E-state index contributed by atoms with van der Waals surface area (Å²) in [4.78, 5) is 16.7. The predicted molar refractivity (Wildman–Crippen MR) is 104 cm³/mol. The van der Waals surface area contributed by atoms with Gasteiger partial charge >= 0.3 is 0 Å². The zero-order valence-electron chi connectivity index (χ0n) is 13.8. The minimum Gasteiger partial charge on any atom is -0.302 e. The Hall–Kier alpha value is -3.05. The van der Waals surface area contributed by atoms with Crippen LogP contribution in [0.2, 0.25) is 0 Å². The van der Waals surface area contributed by atoms with Crippen molar-refractivity contribution in [3.63, 3.8) is 0 Å². The molecule has 0 aliphatic rings. The Balaban J connectivity index is 1.48. The summed E-state index contributed by atoms with van der Waals surface area (Å²) in [5, 5.41) is 7.62. The Morgan fingerprint density at radius 3 is 2.58 bits per heavy atom. The first-order chi connectivity index (χ1) is 12.7. The second kappa shape index (κ2) is 7.06. The van der Waals surface area contributed by atoms with Crippen LogP contribution in [0.15, 0.2) is 72.1 Å². The third-order valence-electron chi connectivity index (χ3n) is 4.07. The number of halogens is 1. The number of hydrogen-bond donors (Lipinski definition) is 1. The number of aromatic nitrogens is 1. The Labute approximate surface area is 154 Å². The fraction of sp³-hybridized carbons (Fsp3) is 0.0476.